The molecule has 0 saturated heterocycles. The highest BCUT2D eigenvalue weighted by Crippen LogP contribution is 2.27. The zero-order chi connectivity index (χ0) is 35.9. The van der Waals surface area contributed by atoms with E-state index in [9.17, 15) is 31.5 Å². The largest absolute Gasteiger partial charge is 0.404 e. The number of carbonyl (C=O) groups is 2. The number of aryl methyl sites for hydroxylation is 2. The van der Waals surface area contributed by atoms with Gasteiger partial charge in [-0.05, 0) is 107 Å². The quantitative estimate of drug-likeness (QED) is 0.125. The second kappa shape index (κ2) is 15.8. The molecule has 2 atom stereocenters. The number of carbonyl (C=O) groups excluding carboxylic acids is 2. The maximum atomic E-state index is 12.3. The molecule has 48 heavy (non-hydrogen) atoms. The van der Waals surface area contributed by atoms with E-state index in [1.165, 1.54) is 74.5 Å². The molecule has 0 amide bonds. The summed E-state index contributed by atoms with van der Waals surface area (Å²) < 4.78 is 65.2. The van der Waals surface area contributed by atoms with E-state index >= 15 is 0 Å². The van der Waals surface area contributed by atoms with Gasteiger partial charge in [0.25, 0.3) is 0 Å². The second-order valence-electron chi connectivity index (χ2n) is 12.1. The summed E-state index contributed by atoms with van der Waals surface area (Å²) in [5, 5.41) is 9.71. The van der Waals surface area contributed by atoms with Gasteiger partial charge in [0.2, 0.25) is 0 Å². The van der Waals surface area contributed by atoms with E-state index in [4.69, 9.17) is 12.8 Å². The van der Waals surface area contributed by atoms with Crippen LogP contribution >= 0.6 is 0 Å². The van der Waals surface area contributed by atoms with Crippen LogP contribution in [0.4, 0.5) is 0 Å². The van der Waals surface area contributed by atoms with Gasteiger partial charge in [0.15, 0.2) is 19.9 Å². The normalized spacial score (nSPS) is 13.0. The molecule has 0 aliphatic carbocycles. The number of hydrogen-bond donors (Lipinski definition) is 1. The lowest BCUT2D eigenvalue weighted by atomic mass is 10.1. The predicted molar refractivity (Wildman–Crippen MR) is 184 cm³/mol. The van der Waals surface area contributed by atoms with Gasteiger partial charge in [-0.15, -0.1) is 0 Å². The molecule has 0 aromatic heterocycles. The number of hydrogen-bond acceptors (Lipinski definition) is 10. The summed E-state index contributed by atoms with van der Waals surface area (Å²) in [4.78, 5) is 23.2. The maximum absolute atomic E-state index is 12.3. The first-order valence-corrected chi connectivity index (χ1v) is 21.1. The van der Waals surface area contributed by atoms with E-state index in [1.54, 1.807) is 36.4 Å². The van der Waals surface area contributed by atoms with Crippen molar-refractivity contribution in [2.24, 2.45) is 0 Å². The fourth-order valence-electron chi connectivity index (χ4n) is 4.17. The van der Waals surface area contributed by atoms with Gasteiger partial charge in [-0.2, -0.15) is 16.8 Å². The van der Waals surface area contributed by atoms with Crippen molar-refractivity contribution in [3.8, 4) is 11.5 Å². The standard InChI is InChI=1S/C19H24O5SSi.C16H16O5S/c1-14-6-12-18(13-7-14)25(21,22)23-17-10-8-16(9-11-17)19(15(2)20)24-26(3,4)5;1-11-6-8-15(9-7-11)22(19,20)21-14-5-3-4-13(10-14)16(18)12(2)17/h6-13,19H,1-5H3;3-10,16,18H,1-2H3. The highest BCUT2D eigenvalue weighted by molar-refractivity contribution is 7.87. The van der Waals surface area contributed by atoms with Crippen molar-refractivity contribution < 1.29 is 44.3 Å². The molecule has 0 aliphatic rings. The summed E-state index contributed by atoms with van der Waals surface area (Å²) in [6.07, 6.45) is -1.95. The van der Waals surface area contributed by atoms with Crippen LogP contribution in [-0.4, -0.2) is 41.8 Å². The van der Waals surface area contributed by atoms with Gasteiger partial charge < -0.3 is 17.9 Å². The Balaban J connectivity index is 0.000000264. The van der Waals surface area contributed by atoms with Crippen LogP contribution in [0.3, 0.4) is 0 Å². The van der Waals surface area contributed by atoms with E-state index in [0.29, 0.717) is 5.56 Å². The molecule has 1 N–H and O–H groups in total. The summed E-state index contributed by atoms with van der Waals surface area (Å²) in [6.45, 7) is 12.5. The lowest BCUT2D eigenvalue weighted by Gasteiger charge is -2.25. The second-order valence-corrected chi connectivity index (χ2v) is 19.6. The molecule has 10 nitrogen and oxygen atoms in total. The minimum atomic E-state index is -3.96. The number of aliphatic hydroxyl groups is 1. The molecule has 0 saturated carbocycles. The molecule has 0 radical (unpaired) electrons. The fraction of sp³-hybridized carbons (Fsp3) is 0.257. The number of ketones is 2. The van der Waals surface area contributed by atoms with Crippen molar-refractivity contribution in [3.05, 3.63) is 119 Å². The van der Waals surface area contributed by atoms with Gasteiger partial charge in [-0.25, -0.2) is 0 Å². The Hall–Kier alpha value is -4.14. The number of aliphatic hydroxyl groups excluding tert-OH is 1. The molecule has 0 aliphatic heterocycles. The highest BCUT2D eigenvalue weighted by atomic mass is 32.2. The van der Waals surface area contributed by atoms with Gasteiger partial charge in [-0.3, -0.25) is 9.59 Å². The van der Waals surface area contributed by atoms with Gasteiger partial charge in [0, 0.05) is 0 Å². The first-order chi connectivity index (χ1) is 22.3. The van der Waals surface area contributed by atoms with Crippen LogP contribution in [-0.2, 0) is 34.3 Å². The first kappa shape index (κ1) is 38.3. The van der Waals surface area contributed by atoms with Crippen molar-refractivity contribution in [2.45, 2.75) is 69.3 Å². The topological polar surface area (TPSA) is 150 Å². The predicted octanol–water partition coefficient (Wildman–Crippen LogP) is 6.63. The average Bonchev–Trinajstić information content (AvgIpc) is 3.00. The molecule has 0 spiro atoms. The molecule has 0 fully saturated rings. The van der Waals surface area contributed by atoms with Gasteiger partial charge in [-0.1, -0.05) is 59.7 Å². The Morgan fingerprint density at radius 3 is 1.50 bits per heavy atom. The summed E-state index contributed by atoms with van der Waals surface area (Å²) in [5.41, 5.74) is 2.86. The van der Waals surface area contributed by atoms with Crippen LogP contribution in [0.25, 0.3) is 0 Å². The molecule has 0 bridgehead atoms. The first-order valence-electron chi connectivity index (χ1n) is 14.9. The maximum Gasteiger partial charge on any atom is 0.339 e. The lowest BCUT2D eigenvalue weighted by Crippen LogP contribution is -2.30. The van der Waals surface area contributed by atoms with Crippen LogP contribution in [0.2, 0.25) is 19.6 Å². The molecule has 4 aromatic rings. The third kappa shape index (κ3) is 11.2. The van der Waals surface area contributed by atoms with Gasteiger partial charge >= 0.3 is 20.2 Å². The Kier molecular flexibility index (Phi) is 12.6. The number of benzene rings is 4. The molecule has 2 unspecified atom stereocenters. The molecule has 13 heteroatoms. The Morgan fingerprint density at radius 1 is 0.625 bits per heavy atom. The van der Waals surface area contributed by atoms with Crippen LogP contribution in [0.1, 0.15) is 48.3 Å². The van der Waals surface area contributed by atoms with Crippen LogP contribution in [0.5, 0.6) is 11.5 Å². The van der Waals surface area contributed by atoms with Gasteiger partial charge in [0.1, 0.15) is 33.5 Å². The molecule has 0 heterocycles. The van der Waals surface area contributed by atoms with Crippen LogP contribution in [0, 0.1) is 13.8 Å². The monoisotopic (exact) mass is 712 g/mol. The van der Waals surface area contributed by atoms with E-state index in [1.807, 2.05) is 33.5 Å². The smallest absolute Gasteiger partial charge is 0.339 e. The molecular formula is C35H40O10S2Si. The molecule has 4 aromatic carbocycles. The van der Waals surface area contributed by atoms with Crippen LogP contribution < -0.4 is 8.37 Å². The van der Waals surface area contributed by atoms with Crippen molar-refractivity contribution in [2.75, 3.05) is 0 Å². The number of Topliss-reactive ketones (excluding diaryl/α,β-unsaturated/α-hetero) is 2. The highest BCUT2D eigenvalue weighted by Gasteiger charge is 2.26. The summed E-state index contributed by atoms with van der Waals surface area (Å²) in [7, 11) is -9.77. The van der Waals surface area contributed by atoms with E-state index in [0.717, 1.165) is 11.1 Å². The summed E-state index contributed by atoms with van der Waals surface area (Å²) in [5.74, 6) is -0.296. The Morgan fingerprint density at radius 2 is 1.08 bits per heavy atom. The zero-order valence-corrected chi connectivity index (χ0v) is 30.5. The third-order valence-electron chi connectivity index (χ3n) is 6.61. The Labute approximate surface area is 283 Å². The molecule has 256 valence electrons. The van der Waals surface area contributed by atoms with Crippen molar-refractivity contribution >= 4 is 40.1 Å². The van der Waals surface area contributed by atoms with E-state index < -0.39 is 46.5 Å². The summed E-state index contributed by atoms with van der Waals surface area (Å²) in [6, 6.07) is 24.9. The van der Waals surface area contributed by atoms with Crippen molar-refractivity contribution in [1.29, 1.82) is 0 Å². The average molecular weight is 713 g/mol. The Bertz CT molecular complexity index is 1930. The fourth-order valence-corrected chi connectivity index (χ4v) is 7.03. The zero-order valence-electron chi connectivity index (χ0n) is 27.8. The SMILES string of the molecule is CC(=O)C(O)c1cccc(OS(=O)(=O)c2ccc(C)cc2)c1.CC(=O)C(O[Si](C)(C)C)c1ccc(OS(=O)(=O)c2ccc(C)cc2)cc1. The number of rotatable bonds is 12. The summed E-state index contributed by atoms with van der Waals surface area (Å²) >= 11 is 0. The van der Waals surface area contributed by atoms with Gasteiger partial charge in [0.05, 0.1) is 0 Å². The van der Waals surface area contributed by atoms with E-state index in [2.05, 4.69) is 0 Å². The minimum absolute atomic E-state index is 0.0376. The minimum Gasteiger partial charge on any atom is -0.404 e. The van der Waals surface area contributed by atoms with E-state index in [-0.39, 0.29) is 32.6 Å². The van der Waals surface area contributed by atoms with Crippen LogP contribution in [0.15, 0.2) is 107 Å². The van der Waals surface area contributed by atoms with Crippen molar-refractivity contribution in [1.82, 2.24) is 0 Å². The third-order valence-corrected chi connectivity index (χ3v) is 10.1. The molecular weight excluding hydrogens is 673 g/mol. The van der Waals surface area contributed by atoms with Crippen molar-refractivity contribution in [3.63, 3.8) is 0 Å². The lowest BCUT2D eigenvalue weighted by molar-refractivity contribution is -0.125. The molecule has 4 rings (SSSR count).